The van der Waals surface area contributed by atoms with Gasteiger partial charge in [-0.05, 0) is 103 Å². The summed E-state index contributed by atoms with van der Waals surface area (Å²) in [5.41, 5.74) is 3.71. The predicted molar refractivity (Wildman–Crippen MR) is 256 cm³/mol. The number of rotatable bonds is 19. The van der Waals surface area contributed by atoms with Gasteiger partial charge in [-0.15, -0.1) is 0 Å². The van der Waals surface area contributed by atoms with E-state index < -0.39 is 11.6 Å². The molecule has 3 amide bonds. The molecule has 3 aromatic heterocycles. The Balaban J connectivity index is 0.000000228. The molecule has 7 rings (SSSR count). The summed E-state index contributed by atoms with van der Waals surface area (Å²) in [5.74, 6) is -0.264. The number of methoxy groups -OCH3 is 1. The van der Waals surface area contributed by atoms with E-state index >= 15 is 0 Å². The summed E-state index contributed by atoms with van der Waals surface area (Å²) in [5, 5.41) is 19.6. The molecule has 0 aliphatic heterocycles. The summed E-state index contributed by atoms with van der Waals surface area (Å²) >= 11 is 0. The summed E-state index contributed by atoms with van der Waals surface area (Å²) < 4.78 is 44.9. The standard InChI is InChI=1S/C26H22FN7O3.C22H22FN5O3/c1-3-23(35)31-17-5-4-6-18(13-17)32-24-21(27)15-30-26(34-24)33-16-7-9-19(10-8-16)37-20-11-12-29-22(14-20)25(36)28-2;1-3-20(29)25-16-5-4-6-17(13-16)26-21-19(23)14-24-22(28-21)27-15-7-9-18(10-8-15)31-12-11-30-2/h3-15H,1H2,2H3,(H,28,36)(H,31,35)(H2,30,32,33,34);3-10,13-14H,1,11-12H2,2H3,(H,25,29)(H2,24,26,27,28). The maximum atomic E-state index is 14.4. The zero-order chi connectivity index (χ0) is 48.3. The number of amides is 3. The van der Waals surface area contributed by atoms with Crippen LogP contribution in [0.3, 0.4) is 0 Å². The summed E-state index contributed by atoms with van der Waals surface area (Å²) in [6.45, 7) is 7.78. The number of aromatic nitrogens is 5. The van der Waals surface area contributed by atoms with Gasteiger partial charge in [0.2, 0.25) is 23.7 Å². The Morgan fingerprint density at radius 2 is 1.09 bits per heavy atom. The van der Waals surface area contributed by atoms with Gasteiger partial charge < -0.3 is 51.4 Å². The Hall–Kier alpha value is -9.30. The van der Waals surface area contributed by atoms with Crippen molar-refractivity contribution in [3.8, 4) is 17.2 Å². The first kappa shape index (κ1) is 48.2. The van der Waals surface area contributed by atoms with Gasteiger partial charge in [0.1, 0.15) is 29.5 Å². The van der Waals surface area contributed by atoms with E-state index in [0.717, 1.165) is 18.5 Å². The first-order chi connectivity index (χ1) is 33.0. The van der Waals surface area contributed by atoms with Crippen LogP contribution in [-0.4, -0.2) is 70.0 Å². The van der Waals surface area contributed by atoms with Gasteiger partial charge in [-0.25, -0.2) is 18.7 Å². The summed E-state index contributed by atoms with van der Waals surface area (Å²) in [6, 6.07) is 30.8. The number of nitrogens with one attached hydrogen (secondary N) is 7. The molecule has 0 bridgehead atoms. The van der Waals surface area contributed by atoms with Gasteiger partial charge in [0.25, 0.3) is 5.91 Å². The first-order valence-electron chi connectivity index (χ1n) is 20.4. The Kier molecular flexibility index (Phi) is 17.1. The number of pyridine rings is 1. The van der Waals surface area contributed by atoms with Crippen molar-refractivity contribution >= 4 is 75.4 Å². The van der Waals surface area contributed by atoms with Crippen LogP contribution in [0.15, 0.2) is 153 Å². The third-order valence-corrected chi connectivity index (χ3v) is 8.85. The lowest BCUT2D eigenvalue weighted by Crippen LogP contribution is -2.18. The molecule has 0 spiro atoms. The van der Waals surface area contributed by atoms with Crippen LogP contribution < -0.4 is 46.7 Å². The molecule has 0 fully saturated rings. The second kappa shape index (κ2) is 24.1. The van der Waals surface area contributed by atoms with Crippen LogP contribution in [0, 0.1) is 11.6 Å². The molecule has 0 saturated heterocycles. The largest absolute Gasteiger partial charge is 0.491 e. The topological polar surface area (TPSA) is 228 Å². The summed E-state index contributed by atoms with van der Waals surface area (Å²) in [4.78, 5) is 55.1. The molecule has 0 radical (unpaired) electrons. The first-order valence-corrected chi connectivity index (χ1v) is 20.4. The van der Waals surface area contributed by atoms with E-state index in [1.54, 1.807) is 110 Å². The summed E-state index contributed by atoms with van der Waals surface area (Å²) in [7, 11) is 3.14. The van der Waals surface area contributed by atoms with E-state index in [1.807, 2.05) is 0 Å². The predicted octanol–water partition coefficient (Wildman–Crippen LogP) is 9.03. The lowest BCUT2D eigenvalue weighted by Gasteiger charge is -2.11. The molecular weight excluding hydrogens is 879 g/mol. The maximum Gasteiger partial charge on any atom is 0.269 e. The molecular formula is C48H44F2N12O6. The highest BCUT2D eigenvalue weighted by Crippen LogP contribution is 2.27. The number of hydrogen-bond donors (Lipinski definition) is 7. The van der Waals surface area contributed by atoms with Crippen LogP contribution in [0.2, 0.25) is 0 Å². The Labute approximate surface area is 389 Å². The SMILES string of the molecule is C=CC(=O)Nc1cccc(Nc2nc(Nc3ccc(OCCOC)cc3)ncc2F)c1.C=CC(=O)Nc1cccc(Nc2nc(Nc3ccc(Oc4ccnc(C(=O)NC)c4)cc3)ncc2F)c1. The van der Waals surface area contributed by atoms with Crippen LogP contribution in [-0.2, 0) is 14.3 Å². The number of carbonyl (C=O) groups excluding carboxylic acids is 3. The number of halogens is 2. The van der Waals surface area contributed by atoms with E-state index in [9.17, 15) is 23.2 Å². The molecule has 4 aromatic carbocycles. The van der Waals surface area contributed by atoms with Crippen molar-refractivity contribution in [3.05, 3.63) is 170 Å². The van der Waals surface area contributed by atoms with Crippen molar-refractivity contribution in [2.45, 2.75) is 0 Å². The number of anilines is 10. The highest BCUT2D eigenvalue weighted by molar-refractivity contribution is 5.99. The number of hydrogen-bond acceptors (Lipinski definition) is 15. The molecule has 0 aliphatic carbocycles. The van der Waals surface area contributed by atoms with Gasteiger partial charge in [0.15, 0.2) is 23.3 Å². The highest BCUT2D eigenvalue weighted by atomic mass is 19.1. The normalized spacial score (nSPS) is 10.2. The van der Waals surface area contributed by atoms with E-state index in [1.165, 1.54) is 25.4 Å². The molecule has 0 aliphatic rings. The Morgan fingerprint density at radius 1 is 0.588 bits per heavy atom. The van der Waals surface area contributed by atoms with Gasteiger partial charge in [0, 0.05) is 60.5 Å². The molecule has 68 heavy (non-hydrogen) atoms. The van der Waals surface area contributed by atoms with Gasteiger partial charge in [0.05, 0.1) is 19.0 Å². The van der Waals surface area contributed by atoms with Gasteiger partial charge in [-0.1, -0.05) is 25.3 Å². The van der Waals surface area contributed by atoms with Crippen LogP contribution in [0.25, 0.3) is 0 Å². The van der Waals surface area contributed by atoms with Crippen LogP contribution in [0.1, 0.15) is 10.5 Å². The van der Waals surface area contributed by atoms with Crippen molar-refractivity contribution in [3.63, 3.8) is 0 Å². The number of ether oxygens (including phenoxy) is 3. The lowest BCUT2D eigenvalue weighted by molar-refractivity contribution is -0.112. The number of benzene rings is 4. The molecule has 346 valence electrons. The third kappa shape index (κ3) is 14.6. The second-order valence-electron chi connectivity index (χ2n) is 13.8. The minimum atomic E-state index is -0.650. The average molecular weight is 923 g/mol. The van der Waals surface area contributed by atoms with E-state index in [-0.39, 0.29) is 46.9 Å². The molecule has 18 nitrogen and oxygen atoms in total. The van der Waals surface area contributed by atoms with Gasteiger partial charge in [-0.2, -0.15) is 9.97 Å². The number of carbonyl (C=O) groups is 3. The van der Waals surface area contributed by atoms with Crippen molar-refractivity contribution in [2.24, 2.45) is 0 Å². The average Bonchev–Trinajstić information content (AvgIpc) is 3.35. The fraction of sp³-hybridized carbons (Fsp3) is 0.0833. The minimum absolute atomic E-state index is 0.00998. The third-order valence-electron chi connectivity index (χ3n) is 8.85. The molecule has 20 heteroatoms. The van der Waals surface area contributed by atoms with Crippen molar-refractivity contribution in [1.82, 2.24) is 30.2 Å². The van der Waals surface area contributed by atoms with E-state index in [2.05, 4.69) is 75.3 Å². The number of nitrogens with zero attached hydrogens (tertiary/aromatic N) is 5. The van der Waals surface area contributed by atoms with Gasteiger partial charge >= 0.3 is 0 Å². The van der Waals surface area contributed by atoms with Crippen molar-refractivity contribution < 1.29 is 37.4 Å². The molecule has 0 unspecified atom stereocenters. The maximum absolute atomic E-state index is 14.4. The van der Waals surface area contributed by atoms with Crippen LogP contribution >= 0.6 is 0 Å². The monoisotopic (exact) mass is 922 g/mol. The molecule has 0 saturated carbocycles. The minimum Gasteiger partial charge on any atom is -0.491 e. The van der Waals surface area contributed by atoms with Gasteiger partial charge in [-0.3, -0.25) is 19.4 Å². The van der Waals surface area contributed by atoms with E-state index in [0.29, 0.717) is 64.6 Å². The molecule has 3 heterocycles. The zero-order valence-corrected chi connectivity index (χ0v) is 36.5. The summed E-state index contributed by atoms with van der Waals surface area (Å²) in [6.07, 6.45) is 5.93. The van der Waals surface area contributed by atoms with E-state index in [4.69, 9.17) is 14.2 Å². The Morgan fingerprint density at radius 3 is 1.57 bits per heavy atom. The molecule has 7 N–H and O–H groups in total. The smallest absolute Gasteiger partial charge is 0.269 e. The van der Waals surface area contributed by atoms with Crippen LogP contribution in [0.5, 0.6) is 17.2 Å². The van der Waals surface area contributed by atoms with Crippen molar-refractivity contribution in [2.75, 3.05) is 59.3 Å². The molecule has 7 aromatic rings. The zero-order valence-electron chi connectivity index (χ0n) is 36.5. The second-order valence-corrected chi connectivity index (χ2v) is 13.8. The highest BCUT2D eigenvalue weighted by Gasteiger charge is 2.12. The Bertz CT molecular complexity index is 2870. The quantitative estimate of drug-likeness (QED) is 0.0297. The van der Waals surface area contributed by atoms with Crippen LogP contribution in [0.4, 0.5) is 66.4 Å². The lowest BCUT2D eigenvalue weighted by atomic mass is 10.2. The molecule has 0 atom stereocenters. The van der Waals surface area contributed by atoms with Crippen molar-refractivity contribution in [1.29, 1.82) is 0 Å². The fourth-order valence-corrected chi connectivity index (χ4v) is 5.64. The fourth-order valence-electron chi connectivity index (χ4n) is 5.64.